The van der Waals surface area contributed by atoms with E-state index in [1.807, 2.05) is 24.3 Å². The molecular formula is C8H10CoO2. The Bertz CT molecular complexity index is 253. The van der Waals surface area contributed by atoms with Crippen LogP contribution in [0, 0.1) is 0 Å². The fourth-order valence-corrected chi connectivity index (χ4v) is 1.38. The summed E-state index contributed by atoms with van der Waals surface area (Å²) in [5.74, 6) is 2.49. The fourth-order valence-electron chi connectivity index (χ4n) is 0.720. The van der Waals surface area contributed by atoms with E-state index in [0.29, 0.717) is 0 Å². The molecule has 0 N–H and O–H groups in total. The zero-order valence-corrected chi connectivity index (χ0v) is 7.50. The third kappa shape index (κ3) is 2.13. The first-order valence-corrected chi connectivity index (χ1v) is 5.06. The Hall–Kier alpha value is -0.674. The van der Waals surface area contributed by atoms with Gasteiger partial charge in [-0.3, -0.25) is 0 Å². The number of ether oxygens (including phenoxy) is 1. The van der Waals surface area contributed by atoms with Crippen molar-refractivity contribution in [3.05, 3.63) is 24.3 Å². The first-order chi connectivity index (χ1) is 5.24. The Balaban J connectivity index is 2.91. The molecule has 0 amide bonds. The molecule has 0 bridgehead atoms. The second kappa shape index (κ2) is 3.64. The number of methoxy groups -OCH3 is 1. The summed E-state index contributed by atoms with van der Waals surface area (Å²) in [5.41, 5.74) is 0. The van der Waals surface area contributed by atoms with Gasteiger partial charge >= 0.3 is 69.7 Å². The molecule has 0 saturated heterocycles. The maximum absolute atomic E-state index is 11.0. The van der Waals surface area contributed by atoms with Crippen LogP contribution in [0.5, 0.6) is 5.75 Å². The van der Waals surface area contributed by atoms with Gasteiger partial charge in [0.1, 0.15) is 0 Å². The molecule has 2 nitrogen and oxygen atoms in total. The van der Waals surface area contributed by atoms with Crippen LogP contribution in [0.1, 0.15) is 0 Å². The SMILES string of the molecule is COc1cc[c]([Co]([CH3])=[O])cc1. The van der Waals surface area contributed by atoms with Crippen LogP contribution in [0.2, 0.25) is 5.86 Å². The van der Waals surface area contributed by atoms with Crippen LogP contribution < -0.4 is 9.23 Å². The van der Waals surface area contributed by atoms with Crippen LogP contribution >= 0.6 is 0 Å². The average Bonchev–Trinajstić information content (AvgIpc) is 2.05. The molecule has 0 aromatic heterocycles. The van der Waals surface area contributed by atoms with Crippen molar-refractivity contribution >= 4 is 4.50 Å². The van der Waals surface area contributed by atoms with Crippen molar-refractivity contribution < 1.29 is 22.2 Å². The van der Waals surface area contributed by atoms with Gasteiger partial charge in [0.05, 0.1) is 0 Å². The van der Waals surface area contributed by atoms with Gasteiger partial charge in [-0.2, -0.15) is 0 Å². The number of benzene rings is 1. The summed E-state index contributed by atoms with van der Waals surface area (Å²) < 4.78 is 16.8. The molecule has 0 fully saturated rings. The summed E-state index contributed by atoms with van der Waals surface area (Å²) in [4.78, 5) is 0. The number of rotatable bonds is 2. The minimum absolute atomic E-state index is 0.796. The Morgan fingerprint density at radius 2 is 1.82 bits per heavy atom. The zero-order chi connectivity index (χ0) is 8.27. The first-order valence-electron chi connectivity index (χ1n) is 3.07. The molecule has 1 aromatic rings. The van der Waals surface area contributed by atoms with Crippen LogP contribution in [0.15, 0.2) is 24.3 Å². The van der Waals surface area contributed by atoms with Crippen LogP contribution in [0.4, 0.5) is 0 Å². The van der Waals surface area contributed by atoms with Crippen molar-refractivity contribution in [2.24, 2.45) is 0 Å². The van der Waals surface area contributed by atoms with Crippen molar-refractivity contribution in [1.29, 1.82) is 0 Å². The summed E-state index contributed by atoms with van der Waals surface area (Å²) in [6.45, 7) is 0. The monoisotopic (exact) mass is 197 g/mol. The molecule has 0 saturated carbocycles. The first kappa shape index (κ1) is 8.42. The summed E-state index contributed by atoms with van der Waals surface area (Å²) in [6, 6.07) is 7.25. The second-order valence-corrected chi connectivity index (χ2v) is 3.76. The molecule has 0 aliphatic carbocycles. The summed E-state index contributed by atoms with van der Waals surface area (Å²) in [7, 11) is 1.61. The van der Waals surface area contributed by atoms with Gasteiger partial charge in [-0.25, -0.2) is 0 Å². The molecule has 0 unspecified atom stereocenters. The third-order valence-electron chi connectivity index (χ3n) is 1.31. The Morgan fingerprint density at radius 1 is 1.27 bits per heavy atom. The van der Waals surface area contributed by atoms with Gasteiger partial charge in [-0.1, -0.05) is 0 Å². The predicted octanol–water partition coefficient (Wildman–Crippen LogP) is 1.33. The minimum atomic E-state index is -1.20. The van der Waals surface area contributed by atoms with Gasteiger partial charge in [0.15, 0.2) is 0 Å². The molecule has 0 spiro atoms. The van der Waals surface area contributed by atoms with E-state index in [2.05, 4.69) is 0 Å². The summed E-state index contributed by atoms with van der Waals surface area (Å²) in [6.07, 6.45) is 0. The van der Waals surface area contributed by atoms with Crippen molar-refractivity contribution in [1.82, 2.24) is 0 Å². The molecule has 0 aliphatic rings. The molecule has 11 heavy (non-hydrogen) atoms. The average molecular weight is 197 g/mol. The molecular weight excluding hydrogens is 187 g/mol. The van der Waals surface area contributed by atoms with Gasteiger partial charge in [0, 0.05) is 0 Å². The molecule has 1 aromatic carbocycles. The Morgan fingerprint density at radius 3 is 2.18 bits per heavy atom. The predicted molar refractivity (Wildman–Crippen MR) is 39.2 cm³/mol. The van der Waals surface area contributed by atoms with Gasteiger partial charge in [0.2, 0.25) is 0 Å². The molecule has 0 atom stereocenters. The standard InChI is InChI=1S/C7H7O.CH3.Co.O/c1-8-7-5-3-2-4-6-7;;;/h3-6H,1H3;1H3;;. The van der Waals surface area contributed by atoms with E-state index in [4.69, 9.17) is 4.74 Å². The van der Waals surface area contributed by atoms with Gasteiger partial charge in [0.25, 0.3) is 0 Å². The van der Waals surface area contributed by atoms with Crippen molar-refractivity contribution in [3.8, 4) is 5.75 Å². The molecule has 63 valence electrons. The Labute approximate surface area is 70.1 Å². The van der Waals surface area contributed by atoms with Crippen molar-refractivity contribution in [2.75, 3.05) is 7.11 Å². The van der Waals surface area contributed by atoms with Crippen LogP contribution in [-0.4, -0.2) is 7.11 Å². The number of hydrogen-bond acceptors (Lipinski definition) is 2. The number of hydrogen-bond donors (Lipinski definition) is 0. The third-order valence-corrected chi connectivity index (χ3v) is 2.50. The topological polar surface area (TPSA) is 26.3 Å². The van der Waals surface area contributed by atoms with Gasteiger partial charge in [-0.05, 0) is 0 Å². The summed E-state index contributed by atoms with van der Waals surface area (Å²) >= 11 is -1.20. The van der Waals surface area contributed by atoms with Crippen LogP contribution in [0.3, 0.4) is 0 Å². The van der Waals surface area contributed by atoms with E-state index in [9.17, 15) is 3.87 Å². The molecule has 3 heteroatoms. The normalized spacial score (nSPS) is 10.9. The van der Waals surface area contributed by atoms with Crippen molar-refractivity contribution in [2.45, 2.75) is 5.86 Å². The van der Waals surface area contributed by atoms with Crippen molar-refractivity contribution in [3.63, 3.8) is 0 Å². The fraction of sp³-hybridized carbons (Fsp3) is 0.250. The zero-order valence-electron chi connectivity index (χ0n) is 6.46. The van der Waals surface area contributed by atoms with Crippen LogP contribution in [-0.2, 0) is 17.5 Å². The van der Waals surface area contributed by atoms with E-state index in [1.54, 1.807) is 13.0 Å². The van der Waals surface area contributed by atoms with E-state index in [0.717, 1.165) is 10.2 Å². The van der Waals surface area contributed by atoms with Crippen LogP contribution in [0.25, 0.3) is 0 Å². The quantitative estimate of drug-likeness (QED) is 0.714. The molecule has 0 aliphatic heterocycles. The molecule has 0 heterocycles. The maximum atomic E-state index is 11.0. The van der Waals surface area contributed by atoms with E-state index >= 15 is 0 Å². The van der Waals surface area contributed by atoms with E-state index < -0.39 is 13.6 Å². The molecule has 0 radical (unpaired) electrons. The van der Waals surface area contributed by atoms with E-state index in [1.165, 1.54) is 0 Å². The van der Waals surface area contributed by atoms with Gasteiger partial charge in [-0.15, -0.1) is 0 Å². The second-order valence-electron chi connectivity index (χ2n) is 2.00. The van der Waals surface area contributed by atoms with Gasteiger partial charge < -0.3 is 0 Å². The van der Waals surface area contributed by atoms with E-state index in [-0.39, 0.29) is 0 Å². The molecule has 1 rings (SSSR count). The Kier molecular flexibility index (Phi) is 2.79. The summed E-state index contributed by atoms with van der Waals surface area (Å²) in [5, 5.41) is 0.